The third-order valence-corrected chi connectivity index (χ3v) is 4.91. The molecule has 3 nitrogen and oxygen atoms in total. The molecule has 0 bridgehead atoms. The summed E-state index contributed by atoms with van der Waals surface area (Å²) >= 11 is 18.2. The highest BCUT2D eigenvalue weighted by molar-refractivity contribution is 6.35. The maximum atomic E-state index is 12.7. The van der Waals surface area contributed by atoms with E-state index in [1.165, 1.54) is 4.40 Å². The van der Waals surface area contributed by atoms with Gasteiger partial charge in [0.1, 0.15) is 5.65 Å². The number of halogens is 3. The van der Waals surface area contributed by atoms with Crippen molar-refractivity contribution < 1.29 is 0 Å². The maximum absolute atomic E-state index is 12.7. The zero-order valence-corrected chi connectivity index (χ0v) is 14.7. The molecule has 0 amide bonds. The summed E-state index contributed by atoms with van der Waals surface area (Å²) in [5.74, 6) is 0. The Morgan fingerprint density at radius 3 is 2.62 bits per heavy atom. The van der Waals surface area contributed by atoms with Crippen LogP contribution >= 0.6 is 34.8 Å². The number of benzene rings is 1. The minimum Gasteiger partial charge on any atom is -0.269 e. The first-order valence-electron chi connectivity index (χ1n) is 7.40. The van der Waals surface area contributed by atoms with Crippen LogP contribution in [0.1, 0.15) is 23.2 Å². The predicted octanol–water partition coefficient (Wildman–Crippen LogP) is 5.14. The van der Waals surface area contributed by atoms with E-state index in [-0.39, 0.29) is 5.56 Å². The summed E-state index contributed by atoms with van der Waals surface area (Å²) in [5, 5.41) is 1.68. The van der Waals surface area contributed by atoms with E-state index in [1.54, 1.807) is 30.5 Å². The van der Waals surface area contributed by atoms with Crippen LogP contribution in [-0.4, -0.2) is 9.38 Å². The zero-order valence-electron chi connectivity index (χ0n) is 12.4. The molecular weight excluding hydrogens is 367 g/mol. The molecule has 120 valence electrons. The second-order valence-corrected chi connectivity index (χ2v) is 6.94. The topological polar surface area (TPSA) is 34.4 Å². The number of hydrogen-bond acceptors (Lipinski definition) is 2. The average molecular weight is 378 g/mol. The highest BCUT2D eigenvalue weighted by Gasteiger charge is 2.23. The maximum Gasteiger partial charge on any atom is 0.261 e. The molecule has 0 atom stereocenters. The van der Waals surface area contributed by atoms with Gasteiger partial charge in [0.15, 0.2) is 0 Å². The van der Waals surface area contributed by atoms with Crippen LogP contribution in [0.5, 0.6) is 0 Å². The fraction of sp³-hybridized carbons (Fsp3) is 0.111. The highest BCUT2D eigenvalue weighted by atomic mass is 35.5. The summed E-state index contributed by atoms with van der Waals surface area (Å²) in [5.41, 5.74) is 3.84. The van der Waals surface area contributed by atoms with E-state index in [0.717, 1.165) is 23.3 Å². The van der Waals surface area contributed by atoms with E-state index >= 15 is 0 Å². The molecule has 2 heterocycles. The molecule has 24 heavy (non-hydrogen) atoms. The Labute approximate surface area is 153 Å². The number of rotatable bonds is 1. The predicted molar refractivity (Wildman–Crippen MR) is 99.1 cm³/mol. The third-order valence-electron chi connectivity index (χ3n) is 4.12. The molecule has 0 unspecified atom stereocenters. The van der Waals surface area contributed by atoms with Crippen LogP contribution in [0.4, 0.5) is 0 Å². The summed E-state index contributed by atoms with van der Waals surface area (Å²) in [4.78, 5) is 17.3. The first-order chi connectivity index (χ1) is 11.5. The van der Waals surface area contributed by atoms with Crippen molar-refractivity contribution in [1.82, 2.24) is 9.38 Å². The lowest BCUT2D eigenvalue weighted by molar-refractivity contribution is 0.971. The van der Waals surface area contributed by atoms with Gasteiger partial charge in [-0.25, -0.2) is 4.98 Å². The fourth-order valence-electron chi connectivity index (χ4n) is 2.97. The van der Waals surface area contributed by atoms with Gasteiger partial charge in [-0.1, -0.05) is 40.9 Å². The van der Waals surface area contributed by atoms with Crippen molar-refractivity contribution in [2.75, 3.05) is 0 Å². The molecule has 4 rings (SSSR count). The largest absolute Gasteiger partial charge is 0.269 e. The first-order valence-corrected chi connectivity index (χ1v) is 8.53. The van der Waals surface area contributed by atoms with Crippen LogP contribution in [0, 0.1) is 0 Å². The molecule has 1 aliphatic rings. The molecule has 6 heteroatoms. The number of hydrogen-bond donors (Lipinski definition) is 0. The molecule has 0 spiro atoms. The summed E-state index contributed by atoms with van der Waals surface area (Å²) in [6, 6.07) is 8.83. The Kier molecular flexibility index (Phi) is 3.87. The Morgan fingerprint density at radius 1 is 1.04 bits per heavy atom. The molecule has 0 saturated heterocycles. The van der Waals surface area contributed by atoms with Crippen molar-refractivity contribution in [3.8, 4) is 0 Å². The summed E-state index contributed by atoms with van der Waals surface area (Å²) in [6.45, 7) is 0. The number of aromatic nitrogens is 2. The van der Waals surface area contributed by atoms with Gasteiger partial charge in [-0.05, 0) is 54.3 Å². The van der Waals surface area contributed by atoms with E-state index in [9.17, 15) is 4.79 Å². The molecule has 3 aromatic rings. The van der Waals surface area contributed by atoms with Crippen molar-refractivity contribution in [3.05, 3.63) is 78.8 Å². The first kappa shape index (κ1) is 15.7. The Hall–Kier alpha value is -1.81. The smallest absolute Gasteiger partial charge is 0.261 e. The van der Waals surface area contributed by atoms with Gasteiger partial charge in [-0.15, -0.1) is 0 Å². The van der Waals surface area contributed by atoms with E-state index in [1.807, 2.05) is 12.1 Å². The van der Waals surface area contributed by atoms with E-state index in [0.29, 0.717) is 32.7 Å². The lowest BCUT2D eigenvalue weighted by Crippen LogP contribution is -2.19. The normalized spacial score (nSPS) is 15.2. The average Bonchev–Trinajstić information content (AvgIpc) is 2.94. The second-order valence-electron chi connectivity index (χ2n) is 5.66. The molecule has 2 aromatic heterocycles. The summed E-state index contributed by atoms with van der Waals surface area (Å²) in [6.07, 6.45) is 4.99. The Balaban J connectivity index is 1.90. The van der Waals surface area contributed by atoms with Crippen LogP contribution in [0.3, 0.4) is 0 Å². The van der Waals surface area contributed by atoms with Crippen LogP contribution in [0.15, 0.2) is 41.3 Å². The van der Waals surface area contributed by atoms with Crippen LogP contribution in [0.2, 0.25) is 15.1 Å². The van der Waals surface area contributed by atoms with E-state index in [2.05, 4.69) is 4.98 Å². The number of pyridine rings is 1. The Morgan fingerprint density at radius 2 is 1.83 bits per heavy atom. The van der Waals surface area contributed by atoms with E-state index < -0.39 is 0 Å². The number of fused-ring (bicyclic) bond motifs is 2. The molecule has 0 radical (unpaired) electrons. The second kappa shape index (κ2) is 5.92. The van der Waals surface area contributed by atoms with Gasteiger partial charge < -0.3 is 0 Å². The summed E-state index contributed by atoms with van der Waals surface area (Å²) < 4.78 is 1.50. The molecule has 0 N–H and O–H groups in total. The molecule has 0 aliphatic heterocycles. The van der Waals surface area contributed by atoms with Crippen molar-refractivity contribution in [2.24, 2.45) is 0 Å². The standard InChI is InChI=1S/C18H11Cl3N2O/c19-12-3-1-10(15(21)8-12)7-11-2-5-14-17(11)22-16-6-4-13(20)9-23(16)18(14)24/h1,3-4,6-9H,2,5H2/b11-7-. The van der Waals surface area contributed by atoms with Gasteiger partial charge in [0.2, 0.25) is 0 Å². The monoisotopic (exact) mass is 376 g/mol. The highest BCUT2D eigenvalue weighted by Crippen LogP contribution is 2.33. The van der Waals surface area contributed by atoms with Gasteiger partial charge in [-0.3, -0.25) is 9.20 Å². The SMILES string of the molecule is O=c1c2c(nc3ccc(Cl)cn13)/C(=C\c1ccc(Cl)cc1Cl)CC2. The molecule has 1 aromatic carbocycles. The fourth-order valence-corrected chi connectivity index (χ4v) is 3.59. The minimum atomic E-state index is -0.0666. The Bertz CT molecular complexity index is 1070. The van der Waals surface area contributed by atoms with Crippen LogP contribution < -0.4 is 5.56 Å². The quantitative estimate of drug-likeness (QED) is 0.588. The minimum absolute atomic E-state index is 0.0666. The van der Waals surface area contributed by atoms with Gasteiger partial charge in [-0.2, -0.15) is 0 Å². The molecular formula is C18H11Cl3N2O. The molecule has 0 saturated carbocycles. The third kappa shape index (κ3) is 2.63. The number of allylic oxidation sites excluding steroid dienone is 1. The van der Waals surface area contributed by atoms with Crippen LogP contribution in [-0.2, 0) is 6.42 Å². The van der Waals surface area contributed by atoms with E-state index in [4.69, 9.17) is 34.8 Å². The van der Waals surface area contributed by atoms with Crippen molar-refractivity contribution in [3.63, 3.8) is 0 Å². The van der Waals surface area contributed by atoms with Crippen LogP contribution in [0.25, 0.3) is 17.3 Å². The molecule has 0 fully saturated rings. The van der Waals surface area contributed by atoms with Gasteiger partial charge in [0.25, 0.3) is 5.56 Å². The van der Waals surface area contributed by atoms with Gasteiger partial charge >= 0.3 is 0 Å². The lowest BCUT2D eigenvalue weighted by Gasteiger charge is -2.06. The van der Waals surface area contributed by atoms with Crippen molar-refractivity contribution >= 4 is 52.1 Å². The molecule has 1 aliphatic carbocycles. The van der Waals surface area contributed by atoms with Crippen molar-refractivity contribution in [2.45, 2.75) is 12.8 Å². The van der Waals surface area contributed by atoms with Crippen molar-refractivity contribution in [1.29, 1.82) is 0 Å². The summed E-state index contributed by atoms with van der Waals surface area (Å²) in [7, 11) is 0. The lowest BCUT2D eigenvalue weighted by atomic mass is 10.1. The van der Waals surface area contributed by atoms with Gasteiger partial charge in [0.05, 0.1) is 10.7 Å². The van der Waals surface area contributed by atoms with Gasteiger partial charge in [0, 0.05) is 21.8 Å². The zero-order chi connectivity index (χ0) is 16.8. The number of nitrogens with zero attached hydrogens (tertiary/aromatic N) is 2.